The van der Waals surface area contributed by atoms with Gasteiger partial charge in [0.25, 0.3) is 0 Å². The number of benzene rings is 1. The molecule has 0 spiro atoms. The zero-order valence-corrected chi connectivity index (χ0v) is 13.1. The van der Waals surface area contributed by atoms with Gasteiger partial charge in [0.15, 0.2) is 5.58 Å². The van der Waals surface area contributed by atoms with E-state index in [9.17, 15) is 5.11 Å². The van der Waals surface area contributed by atoms with Gasteiger partial charge in [-0.25, -0.2) is 0 Å². The van der Waals surface area contributed by atoms with Crippen molar-refractivity contribution in [3.63, 3.8) is 0 Å². The number of aliphatic hydroxyl groups excluding tert-OH is 1. The topological polar surface area (TPSA) is 67.5 Å². The predicted octanol–water partition coefficient (Wildman–Crippen LogP) is 2.52. The lowest BCUT2D eigenvalue weighted by atomic mass is 10.1. The molecule has 21 heavy (non-hydrogen) atoms. The lowest BCUT2D eigenvalue weighted by Gasteiger charge is -2.23. The fourth-order valence-corrected chi connectivity index (χ4v) is 2.05. The molecule has 0 radical (unpaired) electrons. The zero-order valence-electron chi connectivity index (χ0n) is 13.1. The first-order chi connectivity index (χ1) is 9.90. The number of nitrogens with one attached hydrogen (secondary N) is 1. The Bertz CT molecular complexity index is 587. The largest absolute Gasteiger partial charge is 0.490 e. The minimum Gasteiger partial charge on any atom is -0.490 e. The maximum atomic E-state index is 10.00. The van der Waals surface area contributed by atoms with Crippen molar-refractivity contribution in [3.8, 4) is 5.75 Å². The van der Waals surface area contributed by atoms with E-state index in [1.807, 2.05) is 25.1 Å². The summed E-state index contributed by atoms with van der Waals surface area (Å²) in [7, 11) is 0. The molecule has 2 N–H and O–H groups in total. The Balaban J connectivity index is 2.01. The Morgan fingerprint density at radius 3 is 2.81 bits per heavy atom. The SMILES string of the molecule is CCc1noc2cccc(OCC(O)CNC(C)(C)C)c12. The molecule has 116 valence electrons. The standard InChI is InChI=1S/C16H24N2O3/c1-5-12-15-13(7-6-8-14(15)21-18-12)20-10-11(19)9-17-16(2,3)4/h6-8,11,17,19H,5,9-10H2,1-4H3. The highest BCUT2D eigenvalue weighted by Crippen LogP contribution is 2.29. The average Bonchev–Trinajstić information content (AvgIpc) is 2.85. The van der Waals surface area contributed by atoms with Crippen molar-refractivity contribution >= 4 is 11.0 Å². The normalized spacial score (nSPS) is 13.6. The molecular formula is C16H24N2O3. The van der Waals surface area contributed by atoms with Crippen LogP contribution in [0.1, 0.15) is 33.4 Å². The molecule has 0 aliphatic rings. The van der Waals surface area contributed by atoms with Crippen LogP contribution in [0.2, 0.25) is 0 Å². The van der Waals surface area contributed by atoms with E-state index in [-0.39, 0.29) is 12.1 Å². The lowest BCUT2D eigenvalue weighted by molar-refractivity contribution is 0.101. The summed E-state index contributed by atoms with van der Waals surface area (Å²) < 4.78 is 11.0. The average molecular weight is 292 g/mol. The van der Waals surface area contributed by atoms with Gasteiger partial charge in [0.2, 0.25) is 0 Å². The number of hydrogen-bond donors (Lipinski definition) is 2. The van der Waals surface area contributed by atoms with Gasteiger partial charge in [-0.15, -0.1) is 0 Å². The molecule has 1 unspecified atom stereocenters. The third-order valence-corrected chi connectivity index (χ3v) is 3.16. The van der Waals surface area contributed by atoms with Crippen molar-refractivity contribution in [3.05, 3.63) is 23.9 Å². The van der Waals surface area contributed by atoms with Crippen LogP contribution in [0.15, 0.2) is 22.7 Å². The maximum absolute atomic E-state index is 10.00. The molecule has 0 bridgehead atoms. The summed E-state index contributed by atoms with van der Waals surface area (Å²) in [5, 5.41) is 18.2. The van der Waals surface area contributed by atoms with Crippen LogP contribution in [-0.2, 0) is 6.42 Å². The smallest absolute Gasteiger partial charge is 0.170 e. The quantitative estimate of drug-likeness (QED) is 0.856. The zero-order chi connectivity index (χ0) is 15.5. The van der Waals surface area contributed by atoms with Crippen LogP contribution in [0.25, 0.3) is 11.0 Å². The van der Waals surface area contributed by atoms with Crippen molar-refractivity contribution in [2.75, 3.05) is 13.2 Å². The molecule has 5 heteroatoms. The molecule has 0 aliphatic heterocycles. The molecule has 5 nitrogen and oxygen atoms in total. The second-order valence-electron chi connectivity index (χ2n) is 6.21. The van der Waals surface area contributed by atoms with Gasteiger partial charge >= 0.3 is 0 Å². The molecule has 1 atom stereocenters. The van der Waals surface area contributed by atoms with E-state index < -0.39 is 6.10 Å². The van der Waals surface area contributed by atoms with E-state index in [4.69, 9.17) is 9.26 Å². The lowest BCUT2D eigenvalue weighted by Crippen LogP contribution is -2.42. The number of nitrogens with zero attached hydrogens (tertiary/aromatic N) is 1. The van der Waals surface area contributed by atoms with Crippen LogP contribution >= 0.6 is 0 Å². The summed E-state index contributed by atoms with van der Waals surface area (Å²) in [5.41, 5.74) is 1.57. The molecular weight excluding hydrogens is 268 g/mol. The third kappa shape index (κ3) is 4.19. The van der Waals surface area contributed by atoms with Crippen LogP contribution in [-0.4, -0.2) is 35.1 Å². The van der Waals surface area contributed by atoms with Crippen LogP contribution in [0.3, 0.4) is 0 Å². The summed E-state index contributed by atoms with van der Waals surface area (Å²) in [6.45, 7) is 8.93. The van der Waals surface area contributed by atoms with Gasteiger partial charge in [-0.1, -0.05) is 18.1 Å². The van der Waals surface area contributed by atoms with Crippen molar-refractivity contribution < 1.29 is 14.4 Å². The fraction of sp³-hybridized carbons (Fsp3) is 0.562. The van der Waals surface area contributed by atoms with Crippen LogP contribution in [0.4, 0.5) is 0 Å². The van der Waals surface area contributed by atoms with Gasteiger partial charge in [-0.05, 0) is 39.3 Å². The number of ether oxygens (including phenoxy) is 1. The molecule has 0 fully saturated rings. The Morgan fingerprint density at radius 2 is 2.14 bits per heavy atom. The summed E-state index contributed by atoms with van der Waals surface area (Å²) in [6, 6.07) is 5.61. The van der Waals surface area contributed by atoms with Gasteiger partial charge in [-0.2, -0.15) is 0 Å². The van der Waals surface area contributed by atoms with E-state index in [2.05, 4.69) is 31.2 Å². The number of aromatic nitrogens is 1. The predicted molar refractivity (Wildman–Crippen MR) is 82.6 cm³/mol. The monoisotopic (exact) mass is 292 g/mol. The highest BCUT2D eigenvalue weighted by atomic mass is 16.5. The Morgan fingerprint density at radius 1 is 1.38 bits per heavy atom. The Labute approximate surface area is 125 Å². The molecule has 2 rings (SSSR count). The summed E-state index contributed by atoms with van der Waals surface area (Å²) in [6.07, 6.45) is 0.214. The van der Waals surface area contributed by atoms with Crippen molar-refractivity contribution in [2.45, 2.75) is 45.8 Å². The molecule has 2 aromatic rings. The van der Waals surface area contributed by atoms with E-state index in [1.165, 1.54) is 0 Å². The van der Waals surface area contributed by atoms with Gasteiger partial charge in [-0.3, -0.25) is 0 Å². The molecule has 0 amide bonds. The number of aliphatic hydroxyl groups is 1. The number of aryl methyl sites for hydroxylation is 1. The summed E-state index contributed by atoms with van der Waals surface area (Å²) >= 11 is 0. The van der Waals surface area contributed by atoms with Crippen molar-refractivity contribution in [1.29, 1.82) is 0 Å². The van der Waals surface area contributed by atoms with E-state index in [1.54, 1.807) is 0 Å². The van der Waals surface area contributed by atoms with Gasteiger partial charge in [0.05, 0.1) is 11.1 Å². The first kappa shape index (κ1) is 15.8. The number of hydrogen-bond acceptors (Lipinski definition) is 5. The molecule has 1 aromatic carbocycles. The van der Waals surface area contributed by atoms with Crippen molar-refractivity contribution in [2.24, 2.45) is 0 Å². The van der Waals surface area contributed by atoms with Gasteiger partial charge in [0.1, 0.15) is 18.5 Å². The number of β-amino-alcohol motifs (C(OH)–C–C–N with tert-alkyl or cyclic N) is 1. The second kappa shape index (κ2) is 6.45. The maximum Gasteiger partial charge on any atom is 0.170 e. The summed E-state index contributed by atoms with van der Waals surface area (Å²) in [5.74, 6) is 0.709. The summed E-state index contributed by atoms with van der Waals surface area (Å²) in [4.78, 5) is 0. The Hall–Kier alpha value is -1.59. The molecule has 0 saturated carbocycles. The second-order valence-corrected chi connectivity index (χ2v) is 6.21. The highest BCUT2D eigenvalue weighted by Gasteiger charge is 2.15. The molecule has 1 heterocycles. The fourth-order valence-electron chi connectivity index (χ4n) is 2.05. The van der Waals surface area contributed by atoms with E-state index in [0.717, 1.165) is 17.5 Å². The first-order valence-corrected chi connectivity index (χ1v) is 7.34. The van der Waals surface area contributed by atoms with E-state index >= 15 is 0 Å². The number of rotatable bonds is 6. The van der Waals surface area contributed by atoms with Crippen molar-refractivity contribution in [1.82, 2.24) is 10.5 Å². The minimum atomic E-state index is -0.565. The molecule has 0 aliphatic carbocycles. The molecule has 0 saturated heterocycles. The third-order valence-electron chi connectivity index (χ3n) is 3.16. The van der Waals surface area contributed by atoms with E-state index in [0.29, 0.717) is 17.9 Å². The number of fused-ring (bicyclic) bond motifs is 1. The minimum absolute atomic E-state index is 0.0230. The van der Waals surface area contributed by atoms with Crippen LogP contribution in [0.5, 0.6) is 5.75 Å². The molecule has 1 aromatic heterocycles. The van der Waals surface area contributed by atoms with Gasteiger partial charge < -0.3 is 19.7 Å². The first-order valence-electron chi connectivity index (χ1n) is 7.34. The van der Waals surface area contributed by atoms with Crippen LogP contribution < -0.4 is 10.1 Å². The van der Waals surface area contributed by atoms with Gasteiger partial charge in [0, 0.05) is 12.1 Å². The van der Waals surface area contributed by atoms with Crippen LogP contribution in [0, 0.1) is 0 Å². The Kier molecular flexibility index (Phi) is 4.85. The highest BCUT2D eigenvalue weighted by molar-refractivity contribution is 5.86.